The van der Waals surface area contributed by atoms with Crippen LogP contribution in [-0.4, -0.2) is 20.0 Å². The van der Waals surface area contributed by atoms with E-state index in [0.717, 1.165) is 23.5 Å². The number of rotatable bonds is 4. The molecule has 0 bridgehead atoms. The lowest BCUT2D eigenvalue weighted by atomic mass is 10.2. The Hall–Kier alpha value is -0.950. The minimum absolute atomic E-state index is 0.0292. The maximum absolute atomic E-state index is 13.5. The highest BCUT2D eigenvalue weighted by molar-refractivity contribution is 7.92. The molecule has 0 aliphatic carbocycles. The zero-order valence-corrected chi connectivity index (χ0v) is 12.9. The van der Waals surface area contributed by atoms with Crippen molar-refractivity contribution in [2.45, 2.75) is 4.90 Å². The number of halogens is 3. The first kappa shape index (κ1) is 15.4. The third kappa shape index (κ3) is 3.20. The Kier molecular flexibility index (Phi) is 4.49. The highest BCUT2D eigenvalue weighted by Gasteiger charge is 2.25. The number of Topliss-reactive ketones (excluding diaryl/α,β-unsaturated/α-hetero) is 1. The maximum atomic E-state index is 13.5. The molecule has 0 fully saturated rings. The summed E-state index contributed by atoms with van der Waals surface area (Å²) < 4.78 is 37.9. The zero-order chi connectivity index (χ0) is 14.9. The first-order chi connectivity index (χ1) is 9.31. The summed E-state index contributed by atoms with van der Waals surface area (Å²) in [4.78, 5) is 11.4. The van der Waals surface area contributed by atoms with E-state index in [1.807, 2.05) is 0 Å². The monoisotopic (exact) mass is 352 g/mol. The topological polar surface area (TPSA) is 51.2 Å². The van der Waals surface area contributed by atoms with Crippen molar-refractivity contribution in [3.63, 3.8) is 0 Å². The van der Waals surface area contributed by atoms with Gasteiger partial charge in [-0.05, 0) is 18.2 Å². The van der Waals surface area contributed by atoms with Gasteiger partial charge in [0.2, 0.25) is 0 Å². The quantitative estimate of drug-likeness (QED) is 0.785. The minimum Gasteiger partial charge on any atom is -0.293 e. The molecule has 0 saturated carbocycles. The van der Waals surface area contributed by atoms with Gasteiger partial charge in [0.05, 0.1) is 4.34 Å². The molecule has 0 atom stereocenters. The number of benzene rings is 1. The van der Waals surface area contributed by atoms with Gasteiger partial charge in [0, 0.05) is 5.56 Å². The molecule has 20 heavy (non-hydrogen) atoms. The number of hydrogen-bond acceptors (Lipinski definition) is 4. The average molecular weight is 353 g/mol. The van der Waals surface area contributed by atoms with Crippen molar-refractivity contribution in [3.05, 3.63) is 50.4 Å². The summed E-state index contributed by atoms with van der Waals surface area (Å²) in [6.07, 6.45) is 0. The van der Waals surface area contributed by atoms with Gasteiger partial charge in [-0.15, -0.1) is 11.3 Å². The Morgan fingerprint density at radius 1 is 1.25 bits per heavy atom. The van der Waals surface area contributed by atoms with Gasteiger partial charge >= 0.3 is 0 Å². The van der Waals surface area contributed by atoms with Gasteiger partial charge in [-0.1, -0.05) is 35.3 Å². The van der Waals surface area contributed by atoms with E-state index in [4.69, 9.17) is 23.2 Å². The second-order valence-electron chi connectivity index (χ2n) is 3.85. The van der Waals surface area contributed by atoms with E-state index >= 15 is 0 Å². The van der Waals surface area contributed by atoms with Gasteiger partial charge in [0.15, 0.2) is 15.6 Å². The van der Waals surface area contributed by atoms with Gasteiger partial charge in [0.25, 0.3) is 0 Å². The lowest BCUT2D eigenvalue weighted by Gasteiger charge is -2.04. The van der Waals surface area contributed by atoms with Crippen LogP contribution >= 0.6 is 34.5 Å². The van der Waals surface area contributed by atoms with E-state index in [0.29, 0.717) is 0 Å². The van der Waals surface area contributed by atoms with Crippen LogP contribution in [0.3, 0.4) is 0 Å². The zero-order valence-electron chi connectivity index (χ0n) is 9.77. The molecule has 3 nitrogen and oxygen atoms in total. The molecule has 1 aromatic carbocycles. The van der Waals surface area contributed by atoms with E-state index in [-0.39, 0.29) is 14.2 Å². The van der Waals surface area contributed by atoms with Gasteiger partial charge in [-0.3, -0.25) is 4.79 Å². The number of carbonyl (C=O) groups is 1. The molecule has 8 heteroatoms. The van der Waals surface area contributed by atoms with Crippen LogP contribution in [0.15, 0.2) is 35.2 Å². The van der Waals surface area contributed by atoms with Crippen molar-refractivity contribution in [1.29, 1.82) is 0 Å². The van der Waals surface area contributed by atoms with Crippen LogP contribution in [0, 0.1) is 5.82 Å². The number of thiophene rings is 1. The fourth-order valence-corrected chi connectivity index (χ4v) is 4.36. The fraction of sp³-hybridized carbons (Fsp3) is 0.0833. The van der Waals surface area contributed by atoms with E-state index in [2.05, 4.69) is 0 Å². The number of sulfone groups is 1. The number of carbonyl (C=O) groups excluding carboxylic acids is 1. The van der Waals surface area contributed by atoms with E-state index < -0.39 is 32.1 Å². The molecule has 2 rings (SSSR count). The molecule has 1 aromatic heterocycles. The molecule has 1 heterocycles. The van der Waals surface area contributed by atoms with Crippen molar-refractivity contribution in [2.24, 2.45) is 0 Å². The van der Waals surface area contributed by atoms with Crippen LogP contribution in [-0.2, 0) is 9.84 Å². The normalized spacial score (nSPS) is 11.6. The van der Waals surface area contributed by atoms with Gasteiger partial charge in [-0.25, -0.2) is 12.8 Å². The van der Waals surface area contributed by atoms with Crippen molar-refractivity contribution >= 4 is 50.2 Å². The van der Waals surface area contributed by atoms with Gasteiger partial charge in [0.1, 0.15) is 20.8 Å². The first-order valence-electron chi connectivity index (χ1n) is 5.26. The Balaban J connectivity index is 2.32. The predicted octanol–water partition coefficient (Wildman–Crippen LogP) is 3.85. The minimum atomic E-state index is -4.07. The van der Waals surface area contributed by atoms with E-state index in [1.54, 1.807) is 0 Å². The molecule has 0 amide bonds. The van der Waals surface area contributed by atoms with Crippen molar-refractivity contribution in [3.8, 4) is 0 Å². The van der Waals surface area contributed by atoms with E-state index in [1.165, 1.54) is 18.2 Å². The van der Waals surface area contributed by atoms with Crippen LogP contribution in [0.25, 0.3) is 0 Å². The van der Waals surface area contributed by atoms with Gasteiger partial charge in [-0.2, -0.15) is 0 Å². The molecule has 0 unspecified atom stereocenters. The fourth-order valence-electron chi connectivity index (χ4n) is 1.56. The highest BCUT2D eigenvalue weighted by Crippen LogP contribution is 2.32. The third-order valence-corrected chi connectivity index (χ3v) is 5.58. The standard InChI is InChI=1S/C12H7Cl2FO3S2/c13-11-5-7(12(14)19-11)9(16)6-20(17,18)10-4-2-1-3-8(10)15/h1-5H,6H2. The molecular formula is C12H7Cl2FO3S2. The van der Waals surface area contributed by atoms with Crippen molar-refractivity contribution < 1.29 is 17.6 Å². The Morgan fingerprint density at radius 2 is 1.90 bits per heavy atom. The van der Waals surface area contributed by atoms with Crippen molar-refractivity contribution in [1.82, 2.24) is 0 Å². The van der Waals surface area contributed by atoms with E-state index in [9.17, 15) is 17.6 Å². The number of ketones is 1. The Labute approximate surface area is 128 Å². The van der Waals surface area contributed by atoms with Gasteiger partial charge < -0.3 is 0 Å². The summed E-state index contributed by atoms with van der Waals surface area (Å²) in [6, 6.07) is 6.18. The lowest BCUT2D eigenvalue weighted by Crippen LogP contribution is -2.17. The molecular weight excluding hydrogens is 346 g/mol. The molecule has 0 N–H and O–H groups in total. The maximum Gasteiger partial charge on any atom is 0.188 e. The van der Waals surface area contributed by atoms with Crippen LogP contribution in [0.5, 0.6) is 0 Å². The third-order valence-electron chi connectivity index (χ3n) is 2.45. The summed E-state index contributed by atoms with van der Waals surface area (Å²) in [5.74, 6) is -2.48. The summed E-state index contributed by atoms with van der Waals surface area (Å²) in [6.45, 7) is 0. The molecule has 2 aromatic rings. The van der Waals surface area contributed by atoms with Crippen LogP contribution in [0.2, 0.25) is 8.67 Å². The average Bonchev–Trinajstić information content (AvgIpc) is 2.68. The Morgan fingerprint density at radius 3 is 2.45 bits per heavy atom. The summed E-state index contributed by atoms with van der Waals surface area (Å²) in [7, 11) is -4.07. The summed E-state index contributed by atoms with van der Waals surface area (Å²) >= 11 is 12.4. The smallest absolute Gasteiger partial charge is 0.188 e. The second kappa shape index (κ2) is 5.81. The Bertz CT molecular complexity index is 769. The van der Waals surface area contributed by atoms with Crippen LogP contribution in [0.4, 0.5) is 4.39 Å². The highest BCUT2D eigenvalue weighted by atomic mass is 35.5. The van der Waals surface area contributed by atoms with Crippen molar-refractivity contribution in [2.75, 3.05) is 5.75 Å². The molecule has 0 saturated heterocycles. The number of hydrogen-bond donors (Lipinski definition) is 0. The van der Waals surface area contributed by atoms with Crippen LogP contribution < -0.4 is 0 Å². The molecule has 0 spiro atoms. The predicted molar refractivity (Wildman–Crippen MR) is 77.1 cm³/mol. The first-order valence-corrected chi connectivity index (χ1v) is 8.49. The SMILES string of the molecule is O=C(CS(=O)(=O)c1ccccc1F)c1cc(Cl)sc1Cl. The largest absolute Gasteiger partial charge is 0.293 e. The molecule has 0 aliphatic heterocycles. The van der Waals surface area contributed by atoms with Crippen LogP contribution in [0.1, 0.15) is 10.4 Å². The molecule has 0 aliphatic rings. The molecule has 106 valence electrons. The second-order valence-corrected chi connectivity index (χ2v) is 8.09. The molecule has 0 radical (unpaired) electrons. The summed E-state index contributed by atoms with van der Waals surface area (Å²) in [5, 5.41) is 0. The summed E-state index contributed by atoms with van der Waals surface area (Å²) in [5.41, 5.74) is 0.0292. The lowest BCUT2D eigenvalue weighted by molar-refractivity contribution is 0.102.